The van der Waals surface area contributed by atoms with Gasteiger partial charge >= 0.3 is 0 Å². The molecular weight excluding hydrogens is 425 g/mol. The number of halogens is 1. The summed E-state index contributed by atoms with van der Waals surface area (Å²) in [5, 5.41) is 7.94. The Balaban J connectivity index is 1.29. The molecule has 0 spiro atoms. The average molecular weight is 446 g/mol. The minimum atomic E-state index is -0.351. The maximum Gasteiger partial charge on any atom is 0.226 e. The van der Waals surface area contributed by atoms with Gasteiger partial charge in [0.05, 0.1) is 17.4 Å². The molecule has 0 bridgehead atoms. The van der Waals surface area contributed by atoms with Gasteiger partial charge in [-0.05, 0) is 60.5 Å². The molecule has 3 heterocycles. The molecule has 0 saturated heterocycles. The Bertz CT molecular complexity index is 1610. The van der Waals surface area contributed by atoms with Crippen molar-refractivity contribution >= 4 is 16.9 Å². The number of fused-ring (bicyclic) bond motifs is 2. The van der Waals surface area contributed by atoms with Crippen molar-refractivity contribution in [2.45, 2.75) is 20.0 Å². The Morgan fingerprint density at radius 1 is 0.912 bits per heavy atom. The van der Waals surface area contributed by atoms with Gasteiger partial charge in [0.2, 0.25) is 5.95 Å². The highest BCUT2D eigenvalue weighted by Gasteiger charge is 2.21. The first-order valence-electron chi connectivity index (χ1n) is 11.0. The maximum absolute atomic E-state index is 14.5. The van der Waals surface area contributed by atoms with Crippen LogP contribution in [0.2, 0.25) is 0 Å². The number of anilines is 1. The molecule has 0 unspecified atom stereocenters. The van der Waals surface area contributed by atoms with Crippen LogP contribution in [0.1, 0.15) is 27.8 Å². The van der Waals surface area contributed by atoms with Gasteiger partial charge < -0.3 is 4.90 Å². The van der Waals surface area contributed by atoms with E-state index in [1.807, 2.05) is 24.3 Å². The highest BCUT2D eigenvalue weighted by atomic mass is 19.1. The lowest BCUT2D eigenvalue weighted by Gasteiger charge is -2.15. The van der Waals surface area contributed by atoms with Crippen LogP contribution < -0.4 is 4.90 Å². The van der Waals surface area contributed by atoms with E-state index in [1.54, 1.807) is 18.5 Å². The van der Waals surface area contributed by atoms with Gasteiger partial charge in [-0.15, -0.1) is 0 Å². The highest BCUT2D eigenvalue weighted by Crippen LogP contribution is 2.28. The summed E-state index contributed by atoms with van der Waals surface area (Å²) < 4.78 is 14.5. The van der Waals surface area contributed by atoms with Gasteiger partial charge in [0, 0.05) is 41.4 Å². The van der Waals surface area contributed by atoms with Crippen molar-refractivity contribution in [2.24, 2.45) is 0 Å². The van der Waals surface area contributed by atoms with Crippen LogP contribution in [0.5, 0.6) is 0 Å². The molecule has 0 atom stereocenters. The van der Waals surface area contributed by atoms with Crippen molar-refractivity contribution in [1.82, 2.24) is 20.2 Å². The Hall–Kier alpha value is -4.50. The first-order chi connectivity index (χ1) is 16.6. The van der Waals surface area contributed by atoms with Gasteiger partial charge in [-0.3, -0.25) is 5.10 Å². The summed E-state index contributed by atoms with van der Waals surface area (Å²) in [6, 6.07) is 18.9. The molecule has 0 amide bonds. The number of aromatic nitrogens is 4. The molecule has 6 heteroatoms. The van der Waals surface area contributed by atoms with Crippen molar-refractivity contribution in [3.63, 3.8) is 0 Å². The third kappa shape index (κ3) is 3.89. The van der Waals surface area contributed by atoms with E-state index < -0.39 is 0 Å². The molecule has 3 aromatic carbocycles. The summed E-state index contributed by atoms with van der Waals surface area (Å²) in [7, 11) is 0. The fraction of sp³-hybridized carbons (Fsp3) is 0.107. The van der Waals surface area contributed by atoms with Gasteiger partial charge in [0.25, 0.3) is 0 Å². The van der Waals surface area contributed by atoms with Crippen molar-refractivity contribution in [2.75, 3.05) is 4.90 Å². The molecule has 0 fully saturated rings. The minimum absolute atomic E-state index is 0.351. The van der Waals surface area contributed by atoms with Gasteiger partial charge in [-0.1, -0.05) is 35.6 Å². The second kappa shape index (κ2) is 8.13. The third-order valence-corrected chi connectivity index (χ3v) is 5.99. The largest absolute Gasteiger partial charge is 0.332 e. The van der Waals surface area contributed by atoms with E-state index in [0.29, 0.717) is 22.8 Å². The zero-order valence-electron chi connectivity index (χ0n) is 18.5. The Morgan fingerprint density at radius 2 is 1.79 bits per heavy atom. The predicted molar refractivity (Wildman–Crippen MR) is 131 cm³/mol. The van der Waals surface area contributed by atoms with Gasteiger partial charge in [-0.2, -0.15) is 5.10 Å². The second-order valence-corrected chi connectivity index (χ2v) is 8.52. The van der Waals surface area contributed by atoms with Crippen LogP contribution in [0.25, 0.3) is 22.2 Å². The average Bonchev–Trinajstić information content (AvgIpc) is 3.49. The summed E-state index contributed by atoms with van der Waals surface area (Å²) >= 11 is 0. The number of H-pyrrole nitrogens is 1. The summed E-state index contributed by atoms with van der Waals surface area (Å²) in [6.07, 6.45) is 3.48. The molecule has 0 radical (unpaired) electrons. The second-order valence-electron chi connectivity index (χ2n) is 8.52. The van der Waals surface area contributed by atoms with Crippen LogP contribution in [-0.4, -0.2) is 20.2 Å². The number of nitrogens with one attached hydrogen (secondary N) is 1. The standard InChI is InChI=1S/C28H20FN5/c1-18-2-6-21-16-34(17-24(21)10-18)28-30-9-8-26(32-28)22-12-20(13-25(29)14-22)4-3-19-5-7-27-23(11-19)15-31-33-27/h2,5-15H,16-17H2,1H3,(H,31,33). The molecule has 5 aromatic rings. The molecule has 5 nitrogen and oxygen atoms in total. The molecule has 34 heavy (non-hydrogen) atoms. The third-order valence-electron chi connectivity index (χ3n) is 5.99. The van der Waals surface area contributed by atoms with Crippen LogP contribution in [0, 0.1) is 24.6 Å². The zero-order chi connectivity index (χ0) is 23.1. The summed E-state index contributed by atoms with van der Waals surface area (Å²) in [4.78, 5) is 11.4. The zero-order valence-corrected chi connectivity index (χ0v) is 18.5. The van der Waals surface area contributed by atoms with Crippen molar-refractivity contribution in [3.8, 4) is 23.1 Å². The summed E-state index contributed by atoms with van der Waals surface area (Å²) in [5.74, 6) is 6.49. The lowest BCUT2D eigenvalue weighted by molar-refractivity contribution is 0.628. The molecule has 2 aromatic heterocycles. The van der Waals surface area contributed by atoms with E-state index >= 15 is 0 Å². The molecular formula is C28H20FN5. The normalized spacial score (nSPS) is 12.5. The maximum atomic E-state index is 14.5. The molecule has 1 aliphatic rings. The quantitative estimate of drug-likeness (QED) is 0.370. The van der Waals surface area contributed by atoms with Crippen molar-refractivity contribution in [3.05, 3.63) is 107 Å². The van der Waals surface area contributed by atoms with E-state index in [9.17, 15) is 4.39 Å². The van der Waals surface area contributed by atoms with E-state index in [4.69, 9.17) is 4.98 Å². The minimum Gasteiger partial charge on any atom is -0.332 e. The van der Waals surface area contributed by atoms with Crippen molar-refractivity contribution in [1.29, 1.82) is 0 Å². The van der Waals surface area contributed by atoms with E-state index in [-0.39, 0.29) is 5.82 Å². The fourth-order valence-electron chi connectivity index (χ4n) is 4.30. The van der Waals surface area contributed by atoms with Crippen LogP contribution >= 0.6 is 0 Å². The highest BCUT2D eigenvalue weighted by molar-refractivity contribution is 5.79. The fourth-order valence-corrected chi connectivity index (χ4v) is 4.30. The predicted octanol–water partition coefficient (Wildman–Crippen LogP) is 5.39. The smallest absolute Gasteiger partial charge is 0.226 e. The number of rotatable bonds is 2. The van der Waals surface area contributed by atoms with Crippen LogP contribution in [0.4, 0.5) is 10.3 Å². The lowest BCUT2D eigenvalue weighted by Crippen LogP contribution is -2.17. The van der Waals surface area contributed by atoms with E-state index in [1.165, 1.54) is 28.8 Å². The topological polar surface area (TPSA) is 57.7 Å². The first-order valence-corrected chi connectivity index (χ1v) is 11.0. The number of hydrogen-bond acceptors (Lipinski definition) is 4. The van der Waals surface area contributed by atoms with E-state index in [2.05, 4.69) is 57.0 Å². The lowest BCUT2D eigenvalue weighted by atomic mass is 10.1. The molecule has 6 rings (SSSR count). The van der Waals surface area contributed by atoms with Gasteiger partial charge in [0.1, 0.15) is 5.82 Å². The molecule has 0 saturated carbocycles. The van der Waals surface area contributed by atoms with Crippen LogP contribution in [0.3, 0.4) is 0 Å². The monoisotopic (exact) mass is 445 g/mol. The Morgan fingerprint density at radius 3 is 2.74 bits per heavy atom. The van der Waals surface area contributed by atoms with Gasteiger partial charge in [-0.25, -0.2) is 14.4 Å². The van der Waals surface area contributed by atoms with Crippen LogP contribution in [0.15, 0.2) is 73.1 Å². The molecule has 164 valence electrons. The SMILES string of the molecule is Cc1ccc2c(c1)CN(c1nccc(-c3cc(F)cc(C#Cc4ccc5[nH]ncc5c4)c3)n1)C2. The molecule has 0 aliphatic carbocycles. The number of aryl methyl sites for hydroxylation is 1. The Kier molecular flexibility index (Phi) is 4.81. The number of aromatic amines is 1. The molecule has 1 aliphatic heterocycles. The van der Waals surface area contributed by atoms with Crippen LogP contribution in [-0.2, 0) is 13.1 Å². The van der Waals surface area contributed by atoms with Gasteiger partial charge in [0.15, 0.2) is 0 Å². The van der Waals surface area contributed by atoms with Crippen molar-refractivity contribution < 1.29 is 4.39 Å². The Labute approximate surface area is 196 Å². The number of nitrogens with zero attached hydrogens (tertiary/aromatic N) is 4. The summed E-state index contributed by atoms with van der Waals surface area (Å²) in [5.41, 5.74) is 7.55. The summed E-state index contributed by atoms with van der Waals surface area (Å²) in [6.45, 7) is 3.63. The number of benzene rings is 3. The van der Waals surface area contributed by atoms with E-state index in [0.717, 1.165) is 29.6 Å². The first kappa shape index (κ1) is 20.1. The molecule has 1 N–H and O–H groups in total. The number of hydrogen-bond donors (Lipinski definition) is 1.